The van der Waals surface area contributed by atoms with Crippen molar-refractivity contribution in [2.75, 3.05) is 26.2 Å². The van der Waals surface area contributed by atoms with E-state index in [0.29, 0.717) is 11.5 Å². The molecule has 20 heavy (non-hydrogen) atoms. The summed E-state index contributed by atoms with van der Waals surface area (Å²) in [4.78, 5) is 14.7. The molecular weight excluding hydrogens is 252 g/mol. The van der Waals surface area contributed by atoms with E-state index in [0.717, 1.165) is 49.5 Å². The van der Waals surface area contributed by atoms with Crippen LogP contribution in [0.1, 0.15) is 16.8 Å². The first kappa shape index (κ1) is 12.0. The van der Waals surface area contributed by atoms with Crippen LogP contribution in [-0.4, -0.2) is 37.0 Å². The van der Waals surface area contributed by atoms with Gasteiger partial charge in [-0.15, -0.1) is 0 Å². The van der Waals surface area contributed by atoms with Crippen LogP contribution in [0.15, 0.2) is 34.9 Å². The second-order valence-corrected chi connectivity index (χ2v) is 5.86. The fourth-order valence-electron chi connectivity index (χ4n) is 3.53. The van der Waals surface area contributed by atoms with Gasteiger partial charge in [-0.2, -0.15) is 0 Å². The maximum Gasteiger partial charge on any atom is 0.257 e. The molecule has 4 rings (SSSR count). The smallest absolute Gasteiger partial charge is 0.257 e. The first-order valence-corrected chi connectivity index (χ1v) is 7.29. The number of furan rings is 1. The molecule has 1 aromatic carbocycles. The highest BCUT2D eigenvalue weighted by atomic mass is 16.3. The first-order valence-electron chi connectivity index (χ1n) is 7.29. The van der Waals surface area contributed by atoms with Crippen LogP contribution in [0.3, 0.4) is 0 Å². The Balaban J connectivity index is 1.61. The number of benzene rings is 1. The number of carbonyl (C=O) groups excluding carboxylic acids is 1. The van der Waals surface area contributed by atoms with Gasteiger partial charge in [0.25, 0.3) is 5.91 Å². The van der Waals surface area contributed by atoms with E-state index >= 15 is 0 Å². The molecule has 2 aliphatic heterocycles. The van der Waals surface area contributed by atoms with Gasteiger partial charge in [-0.3, -0.25) is 4.79 Å². The minimum atomic E-state index is 0.111. The highest BCUT2D eigenvalue weighted by Gasteiger charge is 2.35. The number of amides is 1. The van der Waals surface area contributed by atoms with Crippen molar-refractivity contribution in [2.24, 2.45) is 11.8 Å². The molecule has 4 heteroatoms. The third kappa shape index (κ3) is 1.83. The largest absolute Gasteiger partial charge is 0.463 e. The van der Waals surface area contributed by atoms with Gasteiger partial charge in [0.15, 0.2) is 0 Å². The molecule has 0 bridgehead atoms. The summed E-state index contributed by atoms with van der Waals surface area (Å²) in [5.41, 5.74) is 1.48. The average Bonchev–Trinajstić information content (AvgIpc) is 3.12. The second-order valence-electron chi connectivity index (χ2n) is 5.86. The maximum atomic E-state index is 12.7. The van der Waals surface area contributed by atoms with Crippen LogP contribution in [0.4, 0.5) is 0 Å². The van der Waals surface area contributed by atoms with Crippen LogP contribution in [0.2, 0.25) is 0 Å². The molecule has 2 saturated heterocycles. The molecule has 4 nitrogen and oxygen atoms in total. The maximum absolute atomic E-state index is 12.7. The first-order chi connectivity index (χ1) is 9.83. The molecule has 1 amide bonds. The number of hydrogen-bond donors (Lipinski definition) is 1. The molecule has 3 heterocycles. The zero-order chi connectivity index (χ0) is 13.5. The fraction of sp³-hybridized carbons (Fsp3) is 0.438. The molecule has 2 unspecified atom stereocenters. The summed E-state index contributed by atoms with van der Waals surface area (Å²) >= 11 is 0. The highest BCUT2D eigenvalue weighted by Crippen LogP contribution is 2.29. The van der Waals surface area contributed by atoms with Gasteiger partial charge in [0.1, 0.15) is 11.8 Å². The van der Waals surface area contributed by atoms with Crippen LogP contribution in [0.25, 0.3) is 11.0 Å². The molecule has 2 aromatic rings. The molecule has 2 fully saturated rings. The lowest BCUT2D eigenvalue weighted by molar-refractivity contribution is 0.0643. The number of rotatable bonds is 1. The number of piperidine rings is 1. The van der Waals surface area contributed by atoms with E-state index in [-0.39, 0.29) is 5.91 Å². The van der Waals surface area contributed by atoms with Crippen LogP contribution in [0.5, 0.6) is 0 Å². The lowest BCUT2D eigenvalue weighted by Crippen LogP contribution is -2.43. The Morgan fingerprint density at radius 2 is 2.10 bits per heavy atom. The van der Waals surface area contributed by atoms with E-state index in [1.54, 1.807) is 6.26 Å². The fourth-order valence-corrected chi connectivity index (χ4v) is 3.53. The van der Waals surface area contributed by atoms with Gasteiger partial charge in [0.2, 0.25) is 0 Å². The molecule has 0 saturated carbocycles. The standard InChI is InChI=1S/C16H18N2O2/c19-16(14-10-20-15-4-2-1-3-13(14)15)18-6-5-11-7-17-8-12(11)9-18/h1-4,10-12,17H,5-9H2. The number of fused-ring (bicyclic) bond motifs is 2. The normalized spacial score (nSPS) is 25.9. The Hall–Kier alpha value is -1.81. The van der Waals surface area contributed by atoms with Gasteiger partial charge in [-0.05, 0) is 37.4 Å². The van der Waals surface area contributed by atoms with Crippen molar-refractivity contribution in [3.05, 3.63) is 36.1 Å². The van der Waals surface area contributed by atoms with Crippen LogP contribution >= 0.6 is 0 Å². The molecule has 2 atom stereocenters. The third-order valence-corrected chi connectivity index (χ3v) is 4.70. The number of para-hydroxylation sites is 1. The van der Waals surface area contributed by atoms with Crippen molar-refractivity contribution in [3.63, 3.8) is 0 Å². The van der Waals surface area contributed by atoms with E-state index in [2.05, 4.69) is 5.32 Å². The van der Waals surface area contributed by atoms with Crippen LogP contribution in [-0.2, 0) is 0 Å². The van der Waals surface area contributed by atoms with Crippen molar-refractivity contribution in [2.45, 2.75) is 6.42 Å². The van der Waals surface area contributed by atoms with Gasteiger partial charge < -0.3 is 14.6 Å². The Labute approximate surface area is 117 Å². The second kappa shape index (κ2) is 4.63. The lowest BCUT2D eigenvalue weighted by atomic mass is 9.88. The highest BCUT2D eigenvalue weighted by molar-refractivity contribution is 6.05. The zero-order valence-electron chi connectivity index (χ0n) is 11.3. The number of nitrogens with one attached hydrogen (secondary N) is 1. The van der Waals surface area contributed by atoms with Crippen molar-refractivity contribution in [3.8, 4) is 0 Å². The van der Waals surface area contributed by atoms with Gasteiger partial charge in [0.05, 0.1) is 5.56 Å². The number of carbonyl (C=O) groups is 1. The van der Waals surface area contributed by atoms with Crippen molar-refractivity contribution in [1.82, 2.24) is 10.2 Å². The summed E-state index contributed by atoms with van der Waals surface area (Å²) in [6, 6.07) is 7.73. The molecule has 1 N–H and O–H groups in total. The Kier molecular flexibility index (Phi) is 2.77. The van der Waals surface area contributed by atoms with Crippen molar-refractivity contribution in [1.29, 1.82) is 0 Å². The predicted octanol–water partition coefficient (Wildman–Crippen LogP) is 2.11. The van der Waals surface area contributed by atoms with Crippen LogP contribution in [0, 0.1) is 11.8 Å². The van der Waals surface area contributed by atoms with E-state index in [4.69, 9.17) is 4.42 Å². The monoisotopic (exact) mass is 270 g/mol. The van der Waals surface area contributed by atoms with E-state index in [9.17, 15) is 4.79 Å². The quantitative estimate of drug-likeness (QED) is 0.863. The Morgan fingerprint density at radius 1 is 1.25 bits per heavy atom. The van der Waals surface area contributed by atoms with Gasteiger partial charge in [-0.1, -0.05) is 18.2 Å². The van der Waals surface area contributed by atoms with E-state index in [1.807, 2.05) is 29.2 Å². The van der Waals surface area contributed by atoms with Gasteiger partial charge in [-0.25, -0.2) is 0 Å². The molecule has 0 radical (unpaired) electrons. The molecule has 0 spiro atoms. The summed E-state index contributed by atoms with van der Waals surface area (Å²) in [6.45, 7) is 3.89. The minimum absolute atomic E-state index is 0.111. The number of nitrogens with zero attached hydrogens (tertiary/aromatic N) is 1. The van der Waals surface area contributed by atoms with E-state index in [1.165, 1.54) is 0 Å². The molecule has 2 aliphatic rings. The molecule has 1 aromatic heterocycles. The van der Waals surface area contributed by atoms with Crippen molar-refractivity contribution < 1.29 is 9.21 Å². The van der Waals surface area contributed by atoms with Crippen LogP contribution < -0.4 is 5.32 Å². The average molecular weight is 270 g/mol. The summed E-state index contributed by atoms with van der Waals surface area (Å²) < 4.78 is 5.49. The lowest BCUT2D eigenvalue weighted by Gasteiger charge is -2.34. The van der Waals surface area contributed by atoms with Crippen molar-refractivity contribution >= 4 is 16.9 Å². The predicted molar refractivity (Wildman–Crippen MR) is 76.6 cm³/mol. The molecular formula is C16H18N2O2. The third-order valence-electron chi connectivity index (χ3n) is 4.70. The Bertz CT molecular complexity index is 649. The molecule has 0 aliphatic carbocycles. The minimum Gasteiger partial charge on any atom is -0.463 e. The molecule has 104 valence electrons. The summed E-state index contributed by atoms with van der Waals surface area (Å²) in [5, 5.41) is 4.35. The zero-order valence-corrected chi connectivity index (χ0v) is 11.3. The van der Waals surface area contributed by atoms with E-state index < -0.39 is 0 Å². The number of hydrogen-bond acceptors (Lipinski definition) is 3. The SMILES string of the molecule is O=C(c1coc2ccccc12)N1CCC2CNCC2C1. The topological polar surface area (TPSA) is 45.5 Å². The van der Waals surface area contributed by atoms with Gasteiger partial charge >= 0.3 is 0 Å². The Morgan fingerprint density at radius 3 is 3.05 bits per heavy atom. The summed E-state index contributed by atoms with van der Waals surface area (Å²) in [6.07, 6.45) is 2.71. The van der Waals surface area contributed by atoms with Gasteiger partial charge in [0, 0.05) is 18.5 Å². The summed E-state index contributed by atoms with van der Waals surface area (Å²) in [7, 11) is 0. The summed E-state index contributed by atoms with van der Waals surface area (Å²) in [5.74, 6) is 1.48. The number of likely N-dealkylation sites (tertiary alicyclic amines) is 1.